The van der Waals surface area contributed by atoms with Gasteiger partial charge in [-0.2, -0.15) is 0 Å². The lowest BCUT2D eigenvalue weighted by molar-refractivity contribution is -0.140. The third-order valence-electron chi connectivity index (χ3n) is 4.54. The van der Waals surface area contributed by atoms with Crippen LogP contribution in [0.4, 0.5) is 0 Å². The lowest BCUT2D eigenvalue weighted by Gasteiger charge is -2.12. The third kappa shape index (κ3) is 5.08. The van der Waals surface area contributed by atoms with E-state index >= 15 is 0 Å². The van der Waals surface area contributed by atoms with E-state index in [-0.39, 0.29) is 29.7 Å². The van der Waals surface area contributed by atoms with Gasteiger partial charge in [-0.05, 0) is 29.7 Å². The van der Waals surface area contributed by atoms with E-state index in [1.165, 1.54) is 0 Å². The fourth-order valence-electron chi connectivity index (χ4n) is 3.11. The molecule has 2 unspecified atom stereocenters. The molecular weight excluding hydrogens is 362 g/mol. The number of nitrogens with one attached hydrogen (secondary N) is 2. The summed E-state index contributed by atoms with van der Waals surface area (Å²) in [5.74, 6) is -0.972. The highest BCUT2D eigenvalue weighted by Gasteiger charge is 2.33. The Morgan fingerprint density at radius 1 is 1.14 bits per heavy atom. The molecule has 8 nitrogen and oxygen atoms in total. The second-order valence-electron chi connectivity index (χ2n) is 6.56. The predicted molar refractivity (Wildman–Crippen MR) is 104 cm³/mol. The number of aliphatic carboxylic acids is 1. The van der Waals surface area contributed by atoms with Crippen molar-refractivity contribution in [2.24, 2.45) is 11.7 Å². The first-order chi connectivity index (χ1) is 12.9. The lowest BCUT2D eigenvalue weighted by Crippen LogP contribution is -2.31. The Labute approximate surface area is 162 Å². The van der Waals surface area contributed by atoms with Crippen molar-refractivity contribution in [1.29, 1.82) is 5.41 Å². The van der Waals surface area contributed by atoms with Crippen LogP contribution in [0.1, 0.15) is 18.4 Å². The van der Waals surface area contributed by atoms with Gasteiger partial charge in [-0.25, -0.2) is 0 Å². The van der Waals surface area contributed by atoms with Crippen molar-refractivity contribution in [3.05, 3.63) is 54.1 Å². The van der Waals surface area contributed by atoms with Gasteiger partial charge in [-0.3, -0.25) is 15.0 Å². The van der Waals surface area contributed by atoms with Gasteiger partial charge in [0, 0.05) is 5.56 Å². The summed E-state index contributed by atoms with van der Waals surface area (Å²) in [6, 6.07) is 14.8. The normalized spacial score (nSPS) is 18.1. The average Bonchev–Trinajstić information content (AvgIpc) is 2.99. The topological polar surface area (TPSA) is 157 Å². The van der Waals surface area contributed by atoms with E-state index in [4.69, 9.17) is 21.0 Å². The molecule has 1 saturated heterocycles. The van der Waals surface area contributed by atoms with Crippen molar-refractivity contribution in [3.8, 4) is 16.9 Å². The number of benzene rings is 2. The molecule has 1 aliphatic heterocycles. The summed E-state index contributed by atoms with van der Waals surface area (Å²) in [6.45, 7) is 0.300. The molecule has 7 N–H and O–H groups in total. The van der Waals surface area contributed by atoms with Gasteiger partial charge in [0.2, 0.25) is 5.91 Å². The molecule has 0 spiro atoms. The molecule has 0 bridgehead atoms. The largest absolute Gasteiger partial charge is 0.491 e. The molecule has 1 heterocycles. The van der Waals surface area contributed by atoms with E-state index in [1.807, 2.05) is 36.4 Å². The number of amidine groups is 1. The number of carbonyl (C=O) groups excluding carboxylic acids is 1. The van der Waals surface area contributed by atoms with Crippen molar-refractivity contribution in [1.82, 2.24) is 5.32 Å². The molecule has 0 radical (unpaired) electrons. The van der Waals surface area contributed by atoms with Crippen LogP contribution in [0.25, 0.3) is 11.1 Å². The second kappa shape index (κ2) is 9.01. The van der Waals surface area contributed by atoms with Gasteiger partial charge in [-0.15, -0.1) is 0 Å². The number of hydrogen-bond donors (Lipinski definition) is 4. The number of carboxylic acids is 1. The lowest BCUT2D eigenvalue weighted by atomic mass is 10.0. The molecule has 1 amide bonds. The Morgan fingerprint density at radius 3 is 2.25 bits per heavy atom. The SMILES string of the molecule is N=C(N)c1ccc(-c2ccc(OCC3CC(CC(=O)O)C(=O)N3)cc2)cc1.O. The molecule has 8 heteroatoms. The highest BCUT2D eigenvalue weighted by atomic mass is 16.5. The zero-order chi connectivity index (χ0) is 19.4. The fourth-order valence-corrected chi connectivity index (χ4v) is 3.11. The van der Waals surface area contributed by atoms with E-state index in [9.17, 15) is 9.59 Å². The molecule has 0 aliphatic carbocycles. The van der Waals surface area contributed by atoms with Crippen molar-refractivity contribution >= 4 is 17.7 Å². The fraction of sp³-hybridized carbons (Fsp3) is 0.250. The van der Waals surface area contributed by atoms with E-state index in [1.54, 1.807) is 12.1 Å². The zero-order valence-corrected chi connectivity index (χ0v) is 15.1. The Bertz CT molecular complexity index is 849. The number of carboxylic acid groups (broad SMARTS) is 1. The first kappa shape index (κ1) is 20.9. The van der Waals surface area contributed by atoms with Gasteiger partial charge in [-0.1, -0.05) is 36.4 Å². The molecular formula is C20H23N3O5. The summed E-state index contributed by atoms with van der Waals surface area (Å²) in [5.41, 5.74) is 8.15. The number of amides is 1. The van der Waals surface area contributed by atoms with E-state index < -0.39 is 11.9 Å². The first-order valence-corrected chi connectivity index (χ1v) is 8.62. The Morgan fingerprint density at radius 2 is 1.71 bits per heavy atom. The maximum absolute atomic E-state index is 11.7. The summed E-state index contributed by atoms with van der Waals surface area (Å²) in [4.78, 5) is 22.5. The number of carbonyl (C=O) groups is 2. The maximum Gasteiger partial charge on any atom is 0.304 e. The molecule has 3 rings (SSSR count). The highest BCUT2D eigenvalue weighted by molar-refractivity contribution is 5.95. The van der Waals surface area contributed by atoms with Crippen molar-refractivity contribution in [3.63, 3.8) is 0 Å². The molecule has 2 aromatic carbocycles. The van der Waals surface area contributed by atoms with Crippen LogP contribution < -0.4 is 15.8 Å². The van der Waals surface area contributed by atoms with Crippen LogP contribution in [0.15, 0.2) is 48.5 Å². The third-order valence-corrected chi connectivity index (χ3v) is 4.54. The first-order valence-electron chi connectivity index (χ1n) is 8.62. The summed E-state index contributed by atoms with van der Waals surface area (Å²) in [7, 11) is 0. The summed E-state index contributed by atoms with van der Waals surface area (Å²) < 4.78 is 5.73. The number of nitrogens with two attached hydrogens (primary N) is 1. The molecule has 28 heavy (non-hydrogen) atoms. The molecule has 0 aromatic heterocycles. The minimum Gasteiger partial charge on any atom is -0.491 e. The monoisotopic (exact) mass is 385 g/mol. The van der Waals surface area contributed by atoms with Crippen LogP contribution in [0, 0.1) is 11.3 Å². The Hall–Kier alpha value is -3.39. The average molecular weight is 385 g/mol. The highest BCUT2D eigenvalue weighted by Crippen LogP contribution is 2.24. The van der Waals surface area contributed by atoms with Crippen molar-refractivity contribution in [2.75, 3.05) is 6.61 Å². The summed E-state index contributed by atoms with van der Waals surface area (Å²) in [6.07, 6.45) is 0.311. The minimum absolute atomic E-state index is 0. The van der Waals surface area contributed by atoms with Gasteiger partial charge in [0.25, 0.3) is 0 Å². The summed E-state index contributed by atoms with van der Waals surface area (Å²) in [5, 5.41) is 19.0. The van der Waals surface area contributed by atoms with Crippen molar-refractivity contribution < 1.29 is 24.9 Å². The molecule has 0 saturated carbocycles. The quantitative estimate of drug-likeness (QED) is 0.415. The Balaban J connectivity index is 0.00000280. The summed E-state index contributed by atoms with van der Waals surface area (Å²) >= 11 is 0. The van der Waals surface area contributed by atoms with E-state index in [0.717, 1.165) is 11.1 Å². The van der Waals surface area contributed by atoms with Crippen LogP contribution in [-0.4, -0.2) is 40.9 Å². The smallest absolute Gasteiger partial charge is 0.304 e. The van der Waals surface area contributed by atoms with Crippen LogP contribution in [-0.2, 0) is 9.59 Å². The van der Waals surface area contributed by atoms with Crippen molar-refractivity contribution in [2.45, 2.75) is 18.9 Å². The van der Waals surface area contributed by atoms with E-state index in [0.29, 0.717) is 24.3 Å². The number of nitrogen functional groups attached to an aromatic ring is 1. The van der Waals surface area contributed by atoms with Gasteiger partial charge in [0.1, 0.15) is 18.2 Å². The number of rotatable bonds is 7. The maximum atomic E-state index is 11.7. The van der Waals surface area contributed by atoms with Gasteiger partial charge < -0.3 is 26.4 Å². The molecule has 1 fully saturated rings. The second-order valence-corrected chi connectivity index (χ2v) is 6.56. The van der Waals surface area contributed by atoms with Gasteiger partial charge >= 0.3 is 5.97 Å². The zero-order valence-electron chi connectivity index (χ0n) is 15.1. The Kier molecular flexibility index (Phi) is 6.73. The van der Waals surface area contributed by atoms with Crippen LogP contribution in [0.3, 0.4) is 0 Å². The van der Waals surface area contributed by atoms with Crippen LogP contribution >= 0.6 is 0 Å². The standard InChI is InChI=1S/C20H21N3O4.H2O/c21-19(22)14-3-1-12(2-4-14)13-5-7-17(8-6-13)27-11-16-9-15(10-18(24)25)20(26)23-16;/h1-8,15-16H,9-11H2,(H3,21,22)(H,23,26)(H,24,25);1H2. The minimum atomic E-state index is -0.969. The predicted octanol–water partition coefficient (Wildman–Crippen LogP) is 1.17. The number of hydrogen-bond acceptors (Lipinski definition) is 4. The molecule has 1 aliphatic rings. The number of ether oxygens (including phenoxy) is 1. The molecule has 2 atom stereocenters. The van der Waals surface area contributed by atoms with Crippen LogP contribution in [0.2, 0.25) is 0 Å². The van der Waals surface area contributed by atoms with Gasteiger partial charge in [0.15, 0.2) is 0 Å². The molecule has 148 valence electrons. The van der Waals surface area contributed by atoms with E-state index in [2.05, 4.69) is 5.32 Å². The van der Waals surface area contributed by atoms with Crippen LogP contribution in [0.5, 0.6) is 5.75 Å². The van der Waals surface area contributed by atoms with Gasteiger partial charge in [0.05, 0.1) is 18.4 Å². The molecule has 2 aromatic rings.